The van der Waals surface area contributed by atoms with Crippen molar-refractivity contribution >= 4 is 26.5 Å². The second-order valence-corrected chi connectivity index (χ2v) is 18.1. The van der Waals surface area contributed by atoms with Gasteiger partial charge in [-0.3, -0.25) is 0 Å². The molecule has 142 valence electrons. The summed E-state index contributed by atoms with van der Waals surface area (Å²) in [6.07, 6.45) is 7.58. The maximum absolute atomic E-state index is 2.67. The normalized spacial score (nSPS) is 16.6. The molecule has 1 heterocycles. The number of benzene rings is 2. The Balaban J connectivity index is 2.41. The quantitative estimate of drug-likeness (QED) is 0.505. The Labute approximate surface area is 168 Å². The Bertz CT molecular complexity index is 784. The van der Waals surface area contributed by atoms with Crippen LogP contribution in [0.3, 0.4) is 0 Å². The van der Waals surface area contributed by atoms with Gasteiger partial charge in [0.25, 0.3) is 0 Å². The fraction of sp³-hybridized carbons (Fsp3) is 0.360. The van der Waals surface area contributed by atoms with Crippen molar-refractivity contribution in [2.45, 2.75) is 59.2 Å². The van der Waals surface area contributed by atoms with Crippen LogP contribution in [0.4, 0.5) is 0 Å². The number of rotatable bonds is 7. The molecule has 2 aromatic carbocycles. The largest absolute Gasteiger partial charge is 0.168 e. The van der Waals surface area contributed by atoms with Crippen molar-refractivity contribution in [1.82, 2.24) is 0 Å². The van der Waals surface area contributed by atoms with Crippen LogP contribution < -0.4 is 10.4 Å². The summed E-state index contributed by atoms with van der Waals surface area (Å²) in [5.41, 5.74) is 1.66. The van der Waals surface area contributed by atoms with Crippen molar-refractivity contribution in [1.29, 1.82) is 0 Å². The molecule has 0 unspecified atom stereocenters. The maximum Gasteiger partial charge on any atom is 0.168 e. The van der Waals surface area contributed by atoms with Crippen LogP contribution in [-0.4, -0.2) is 16.1 Å². The predicted octanol–water partition coefficient (Wildman–Crippen LogP) is 6.04. The van der Waals surface area contributed by atoms with Gasteiger partial charge in [0.1, 0.15) is 0 Å². The van der Waals surface area contributed by atoms with Gasteiger partial charge >= 0.3 is 0 Å². The van der Waals surface area contributed by atoms with Gasteiger partial charge < -0.3 is 0 Å². The van der Waals surface area contributed by atoms with Crippen LogP contribution in [0.1, 0.15) is 39.5 Å². The van der Waals surface area contributed by atoms with E-state index in [1.54, 1.807) is 21.1 Å². The van der Waals surface area contributed by atoms with Crippen LogP contribution in [0.2, 0.25) is 19.6 Å². The van der Waals surface area contributed by atoms with Crippen molar-refractivity contribution in [2.75, 3.05) is 0 Å². The first-order valence-corrected chi connectivity index (χ1v) is 16.0. The molecule has 0 amide bonds. The standard InChI is InChI=1S/C25H34Si2/c1-6-14-21-20-25(26(3,4)5)27(24(21)15-7-2,22-16-10-8-11-17-22)23-18-12-9-13-19-23/h8-13,16-20H,6-7,14-15H2,1-5H3. The van der Waals surface area contributed by atoms with Gasteiger partial charge in [-0.1, -0.05) is 129 Å². The number of hydrogen-bond acceptors (Lipinski definition) is 0. The molecular formula is C25H34Si2. The van der Waals surface area contributed by atoms with Crippen LogP contribution >= 0.6 is 0 Å². The second kappa shape index (κ2) is 8.16. The van der Waals surface area contributed by atoms with E-state index in [9.17, 15) is 0 Å². The first-order chi connectivity index (χ1) is 13.0. The smallest absolute Gasteiger partial charge is 0.0782 e. The molecule has 3 rings (SSSR count). The molecule has 0 spiro atoms. The van der Waals surface area contributed by atoms with Crippen LogP contribution in [-0.2, 0) is 0 Å². The van der Waals surface area contributed by atoms with Crippen LogP contribution in [0.15, 0.2) is 82.3 Å². The average Bonchev–Trinajstić information content (AvgIpc) is 2.99. The van der Waals surface area contributed by atoms with Gasteiger partial charge in [0.2, 0.25) is 0 Å². The molecule has 0 radical (unpaired) electrons. The van der Waals surface area contributed by atoms with E-state index in [1.165, 1.54) is 25.7 Å². The highest BCUT2D eigenvalue weighted by atomic mass is 28.4. The van der Waals surface area contributed by atoms with E-state index >= 15 is 0 Å². The van der Waals surface area contributed by atoms with Gasteiger partial charge in [-0.2, -0.15) is 0 Å². The summed E-state index contributed by atoms with van der Waals surface area (Å²) in [7, 11) is -3.58. The summed E-state index contributed by atoms with van der Waals surface area (Å²) in [6.45, 7) is 12.3. The molecule has 0 aliphatic carbocycles. The third kappa shape index (κ3) is 3.57. The molecule has 1 aliphatic heterocycles. The fourth-order valence-corrected chi connectivity index (χ4v) is 16.3. The predicted molar refractivity (Wildman–Crippen MR) is 126 cm³/mol. The van der Waals surface area contributed by atoms with Gasteiger partial charge in [0, 0.05) is 0 Å². The average molecular weight is 391 g/mol. The summed E-state index contributed by atoms with van der Waals surface area (Å²) >= 11 is 0. The summed E-state index contributed by atoms with van der Waals surface area (Å²) < 4.78 is 0. The number of hydrogen-bond donors (Lipinski definition) is 0. The van der Waals surface area contributed by atoms with Crippen molar-refractivity contribution in [3.8, 4) is 0 Å². The molecule has 0 aromatic heterocycles. The molecule has 27 heavy (non-hydrogen) atoms. The van der Waals surface area contributed by atoms with Gasteiger partial charge in [-0.25, -0.2) is 0 Å². The Morgan fingerprint density at radius 2 is 1.19 bits per heavy atom. The maximum atomic E-state index is 2.67. The Hall–Kier alpha value is -1.65. The van der Waals surface area contributed by atoms with Gasteiger partial charge in [-0.05, 0) is 23.2 Å². The summed E-state index contributed by atoms with van der Waals surface area (Å²) in [5.74, 6) is 0. The lowest BCUT2D eigenvalue weighted by Crippen LogP contribution is -2.64. The van der Waals surface area contributed by atoms with Crippen molar-refractivity contribution in [3.63, 3.8) is 0 Å². The highest BCUT2D eigenvalue weighted by Gasteiger charge is 2.51. The molecule has 2 heteroatoms. The van der Waals surface area contributed by atoms with Gasteiger partial charge in [-0.15, -0.1) is 0 Å². The van der Waals surface area contributed by atoms with E-state index in [0.717, 1.165) is 0 Å². The molecule has 0 bridgehead atoms. The molecular weight excluding hydrogens is 356 g/mol. The molecule has 0 atom stereocenters. The van der Waals surface area contributed by atoms with E-state index in [4.69, 9.17) is 0 Å². The van der Waals surface area contributed by atoms with Crippen molar-refractivity contribution in [2.24, 2.45) is 0 Å². The molecule has 0 N–H and O–H groups in total. The van der Waals surface area contributed by atoms with Crippen molar-refractivity contribution < 1.29 is 0 Å². The topological polar surface area (TPSA) is 0 Å². The lowest BCUT2D eigenvalue weighted by Gasteiger charge is -2.40. The molecule has 1 aliphatic rings. The van der Waals surface area contributed by atoms with Crippen LogP contribution in [0, 0.1) is 0 Å². The molecule has 0 saturated carbocycles. The molecule has 2 aromatic rings. The Morgan fingerprint density at radius 1 is 0.704 bits per heavy atom. The summed E-state index contributed by atoms with van der Waals surface area (Å²) in [5, 5.41) is 4.96. The van der Waals surface area contributed by atoms with Crippen molar-refractivity contribution in [3.05, 3.63) is 82.3 Å². The minimum Gasteiger partial charge on any atom is -0.0782 e. The van der Waals surface area contributed by atoms with Crippen LogP contribution in [0.5, 0.6) is 0 Å². The van der Waals surface area contributed by atoms with Gasteiger partial charge in [0.15, 0.2) is 8.07 Å². The van der Waals surface area contributed by atoms with Crippen LogP contribution in [0.25, 0.3) is 0 Å². The zero-order chi connectivity index (χ0) is 19.5. The van der Waals surface area contributed by atoms with E-state index < -0.39 is 16.1 Å². The summed E-state index contributed by atoms with van der Waals surface area (Å²) in [4.78, 5) is 1.82. The highest BCUT2D eigenvalue weighted by molar-refractivity contribution is 7.22. The molecule has 0 fully saturated rings. The summed E-state index contributed by atoms with van der Waals surface area (Å²) in [6, 6.07) is 23.0. The van der Waals surface area contributed by atoms with E-state index in [-0.39, 0.29) is 0 Å². The zero-order valence-corrected chi connectivity index (χ0v) is 19.7. The monoisotopic (exact) mass is 390 g/mol. The van der Waals surface area contributed by atoms with E-state index in [2.05, 4.69) is 100 Å². The zero-order valence-electron chi connectivity index (χ0n) is 17.7. The fourth-order valence-electron chi connectivity index (χ4n) is 4.84. The third-order valence-electron chi connectivity index (χ3n) is 5.80. The highest BCUT2D eigenvalue weighted by Crippen LogP contribution is 2.42. The Morgan fingerprint density at radius 3 is 1.59 bits per heavy atom. The lowest BCUT2D eigenvalue weighted by molar-refractivity contribution is 0.884. The van der Waals surface area contributed by atoms with E-state index in [1.807, 2.05) is 4.82 Å². The van der Waals surface area contributed by atoms with Gasteiger partial charge in [0.05, 0.1) is 8.07 Å². The first-order valence-electron chi connectivity index (χ1n) is 10.5. The molecule has 0 nitrogen and oxygen atoms in total. The second-order valence-electron chi connectivity index (χ2n) is 8.79. The minimum atomic E-state index is -2.10. The lowest BCUT2D eigenvalue weighted by atomic mass is 10.1. The third-order valence-corrected chi connectivity index (χ3v) is 15.8. The number of allylic oxidation sites excluding steroid dienone is 3. The first kappa shape index (κ1) is 20.1. The Kier molecular flexibility index (Phi) is 6.07. The molecule has 0 saturated heterocycles. The minimum absolute atomic E-state index is 1.22. The SMILES string of the molecule is CCCC1=C(CCC)[Si](c2ccccc2)(c2ccccc2)C([Si](C)(C)C)=C1. The van der Waals surface area contributed by atoms with E-state index in [0.29, 0.717) is 0 Å².